The number of halogens is 1. The first-order chi connectivity index (χ1) is 9.33. The van der Waals surface area contributed by atoms with E-state index in [0.29, 0.717) is 11.7 Å². The lowest BCUT2D eigenvalue weighted by atomic mass is 10.2. The van der Waals surface area contributed by atoms with Crippen LogP contribution >= 0.6 is 11.6 Å². The predicted octanol–water partition coefficient (Wildman–Crippen LogP) is 4.25. The van der Waals surface area contributed by atoms with Crippen molar-refractivity contribution in [2.45, 2.75) is 6.54 Å². The topological polar surface area (TPSA) is 17.8 Å². The van der Waals surface area contributed by atoms with Crippen LogP contribution in [0.3, 0.4) is 0 Å². The van der Waals surface area contributed by atoms with Crippen LogP contribution in [0.5, 0.6) is 0 Å². The fraction of sp³-hybridized carbons (Fsp3) is 0.0625. The van der Waals surface area contributed by atoms with E-state index in [1.54, 1.807) is 0 Å². The van der Waals surface area contributed by atoms with Gasteiger partial charge in [0.2, 0.25) is 0 Å². The average molecular weight is 269 g/mol. The number of rotatable bonds is 3. The van der Waals surface area contributed by atoms with Gasteiger partial charge in [-0.15, -0.1) is 0 Å². The van der Waals surface area contributed by atoms with Gasteiger partial charge in [0.05, 0.1) is 12.2 Å². The average Bonchev–Trinajstić information content (AvgIpc) is 2.82. The summed E-state index contributed by atoms with van der Waals surface area (Å²) in [6.45, 7) is 0.687. The molecule has 0 radical (unpaired) electrons. The molecule has 0 aliphatic heterocycles. The van der Waals surface area contributed by atoms with Crippen LogP contribution in [0.1, 0.15) is 5.56 Å². The molecule has 2 nitrogen and oxygen atoms in total. The molecular formula is C16H13ClN2. The van der Waals surface area contributed by atoms with Gasteiger partial charge in [-0.1, -0.05) is 72.3 Å². The molecule has 0 saturated carbocycles. The maximum Gasteiger partial charge on any atom is 0.128 e. The molecule has 0 bridgehead atoms. The van der Waals surface area contributed by atoms with E-state index in [2.05, 4.69) is 17.2 Å². The molecule has 0 aliphatic rings. The lowest BCUT2D eigenvalue weighted by molar-refractivity contribution is 0.690. The largest absolute Gasteiger partial charge is 0.249 e. The maximum absolute atomic E-state index is 6.25. The van der Waals surface area contributed by atoms with E-state index < -0.39 is 0 Å². The fourth-order valence-corrected chi connectivity index (χ4v) is 2.21. The van der Waals surface area contributed by atoms with Crippen LogP contribution in [0.2, 0.25) is 5.15 Å². The second-order valence-corrected chi connectivity index (χ2v) is 4.75. The third kappa shape index (κ3) is 2.69. The first-order valence-electron chi connectivity index (χ1n) is 6.15. The first-order valence-corrected chi connectivity index (χ1v) is 6.53. The molecule has 0 atom stereocenters. The van der Waals surface area contributed by atoms with Crippen molar-refractivity contribution in [1.82, 2.24) is 9.78 Å². The van der Waals surface area contributed by atoms with Crippen LogP contribution < -0.4 is 0 Å². The van der Waals surface area contributed by atoms with E-state index >= 15 is 0 Å². The van der Waals surface area contributed by atoms with Gasteiger partial charge in [0.25, 0.3) is 0 Å². The summed E-state index contributed by atoms with van der Waals surface area (Å²) in [4.78, 5) is 0. The molecule has 1 aromatic heterocycles. The number of hydrogen-bond donors (Lipinski definition) is 0. The van der Waals surface area contributed by atoms with Gasteiger partial charge in [-0.3, -0.25) is 0 Å². The molecule has 0 aliphatic carbocycles. The van der Waals surface area contributed by atoms with Gasteiger partial charge in [0.1, 0.15) is 5.15 Å². The van der Waals surface area contributed by atoms with E-state index in [1.807, 2.05) is 59.3 Å². The number of nitrogens with zero attached hydrogens (tertiary/aromatic N) is 2. The summed E-state index contributed by atoms with van der Waals surface area (Å²) in [5, 5.41) is 5.22. The summed E-state index contributed by atoms with van der Waals surface area (Å²) in [6.07, 6.45) is 0. The fourth-order valence-electron chi connectivity index (χ4n) is 2.01. The smallest absolute Gasteiger partial charge is 0.128 e. The molecule has 1 heterocycles. The highest BCUT2D eigenvalue weighted by Gasteiger charge is 2.07. The van der Waals surface area contributed by atoms with Gasteiger partial charge in [-0.25, -0.2) is 4.68 Å². The first kappa shape index (κ1) is 12.0. The molecule has 0 spiro atoms. The van der Waals surface area contributed by atoms with Crippen LogP contribution in [0, 0.1) is 0 Å². The minimum Gasteiger partial charge on any atom is -0.249 e. The SMILES string of the molecule is Clc1cc(-c2ccccc2)nn1Cc1ccccc1. The van der Waals surface area contributed by atoms with Crippen molar-refractivity contribution in [2.24, 2.45) is 0 Å². The summed E-state index contributed by atoms with van der Waals surface area (Å²) >= 11 is 6.25. The maximum atomic E-state index is 6.25. The molecule has 0 N–H and O–H groups in total. The summed E-state index contributed by atoms with van der Waals surface area (Å²) in [6, 6.07) is 22.1. The van der Waals surface area contributed by atoms with Crippen molar-refractivity contribution >= 4 is 11.6 Å². The summed E-state index contributed by atoms with van der Waals surface area (Å²) in [5.74, 6) is 0. The number of hydrogen-bond acceptors (Lipinski definition) is 1. The lowest BCUT2D eigenvalue weighted by Crippen LogP contribution is -2.01. The Hall–Kier alpha value is -2.06. The molecular weight excluding hydrogens is 256 g/mol. The minimum atomic E-state index is 0.655. The molecule has 2 aromatic carbocycles. The van der Waals surface area contributed by atoms with E-state index in [-0.39, 0.29) is 0 Å². The molecule has 0 unspecified atom stereocenters. The lowest BCUT2D eigenvalue weighted by Gasteiger charge is -2.02. The Balaban J connectivity index is 1.90. The zero-order valence-electron chi connectivity index (χ0n) is 10.3. The zero-order chi connectivity index (χ0) is 13.1. The van der Waals surface area contributed by atoms with Crippen molar-refractivity contribution < 1.29 is 0 Å². The molecule has 0 fully saturated rings. The Labute approximate surface area is 117 Å². The Morgan fingerprint density at radius 1 is 0.895 bits per heavy atom. The monoisotopic (exact) mass is 268 g/mol. The van der Waals surface area contributed by atoms with Gasteiger partial charge in [-0.2, -0.15) is 5.10 Å². The molecule has 3 rings (SSSR count). The molecule has 3 heteroatoms. The summed E-state index contributed by atoms with van der Waals surface area (Å²) in [5.41, 5.74) is 3.17. The van der Waals surface area contributed by atoms with Crippen molar-refractivity contribution in [3.63, 3.8) is 0 Å². The third-order valence-corrected chi connectivity index (χ3v) is 3.28. The normalized spacial score (nSPS) is 10.6. The number of benzene rings is 2. The standard InChI is InChI=1S/C16H13ClN2/c17-16-11-15(14-9-5-2-6-10-14)18-19(16)12-13-7-3-1-4-8-13/h1-11H,12H2. The number of aromatic nitrogens is 2. The molecule has 94 valence electrons. The second kappa shape index (κ2) is 5.29. The van der Waals surface area contributed by atoms with E-state index in [9.17, 15) is 0 Å². The quantitative estimate of drug-likeness (QED) is 0.694. The van der Waals surface area contributed by atoms with Crippen molar-refractivity contribution in [2.75, 3.05) is 0 Å². The summed E-state index contributed by atoms with van der Waals surface area (Å²) < 4.78 is 1.82. The third-order valence-electron chi connectivity index (χ3n) is 2.98. The van der Waals surface area contributed by atoms with Gasteiger partial charge >= 0.3 is 0 Å². The highest BCUT2D eigenvalue weighted by Crippen LogP contribution is 2.22. The predicted molar refractivity (Wildman–Crippen MR) is 78.2 cm³/mol. The van der Waals surface area contributed by atoms with E-state index in [1.165, 1.54) is 5.56 Å². The Morgan fingerprint density at radius 2 is 1.53 bits per heavy atom. The van der Waals surface area contributed by atoms with Crippen molar-refractivity contribution in [3.8, 4) is 11.3 Å². The van der Waals surface area contributed by atoms with E-state index in [0.717, 1.165) is 11.3 Å². The van der Waals surface area contributed by atoms with Crippen molar-refractivity contribution in [1.29, 1.82) is 0 Å². The molecule has 3 aromatic rings. The Kier molecular flexibility index (Phi) is 3.34. The highest BCUT2D eigenvalue weighted by atomic mass is 35.5. The summed E-state index contributed by atoms with van der Waals surface area (Å²) in [7, 11) is 0. The molecule has 0 saturated heterocycles. The Bertz CT molecular complexity index is 660. The van der Waals surface area contributed by atoms with E-state index in [4.69, 9.17) is 11.6 Å². The van der Waals surface area contributed by atoms with Gasteiger partial charge in [-0.05, 0) is 5.56 Å². The highest BCUT2D eigenvalue weighted by molar-refractivity contribution is 6.29. The molecule has 19 heavy (non-hydrogen) atoms. The Morgan fingerprint density at radius 3 is 2.21 bits per heavy atom. The van der Waals surface area contributed by atoms with Crippen LogP contribution in [0.25, 0.3) is 11.3 Å². The molecule has 0 amide bonds. The van der Waals surface area contributed by atoms with Gasteiger partial charge in [0.15, 0.2) is 0 Å². The van der Waals surface area contributed by atoms with Crippen LogP contribution in [-0.4, -0.2) is 9.78 Å². The van der Waals surface area contributed by atoms with Crippen LogP contribution in [0.4, 0.5) is 0 Å². The van der Waals surface area contributed by atoms with Crippen molar-refractivity contribution in [3.05, 3.63) is 77.4 Å². The van der Waals surface area contributed by atoms with Gasteiger partial charge < -0.3 is 0 Å². The second-order valence-electron chi connectivity index (χ2n) is 4.36. The minimum absolute atomic E-state index is 0.655. The zero-order valence-corrected chi connectivity index (χ0v) is 11.1. The van der Waals surface area contributed by atoms with Crippen LogP contribution in [-0.2, 0) is 6.54 Å². The van der Waals surface area contributed by atoms with Crippen LogP contribution in [0.15, 0.2) is 66.7 Å². The van der Waals surface area contributed by atoms with Gasteiger partial charge in [0, 0.05) is 11.6 Å².